The van der Waals surface area contributed by atoms with Crippen LogP contribution in [0.4, 0.5) is 4.39 Å². The third kappa shape index (κ3) is 8.15. The van der Waals surface area contributed by atoms with Gasteiger partial charge in [0.05, 0.1) is 6.61 Å². The van der Waals surface area contributed by atoms with Crippen molar-refractivity contribution in [3.05, 3.63) is 35.6 Å². The molecule has 2 rings (SSSR count). The molecule has 1 amide bonds. The van der Waals surface area contributed by atoms with E-state index in [-0.39, 0.29) is 17.4 Å². The topological polar surface area (TPSA) is 46.6 Å². The Kier molecular flexibility index (Phi) is 10.7. The van der Waals surface area contributed by atoms with Gasteiger partial charge in [-0.25, -0.2) is 9.18 Å². The SMILES string of the molecule is CCCCCCCCCCCCOC(=O)C1CCCN1C(=O)c1cccc(F)c1. The van der Waals surface area contributed by atoms with Gasteiger partial charge in [-0.1, -0.05) is 70.8 Å². The minimum atomic E-state index is -0.547. The number of likely N-dealkylation sites (tertiary alicyclic amines) is 1. The Hall–Kier alpha value is -1.91. The second-order valence-electron chi connectivity index (χ2n) is 8.02. The summed E-state index contributed by atoms with van der Waals surface area (Å²) in [4.78, 5) is 26.6. The monoisotopic (exact) mass is 405 g/mol. The number of esters is 1. The van der Waals surface area contributed by atoms with Crippen molar-refractivity contribution in [3.63, 3.8) is 0 Å². The summed E-state index contributed by atoms with van der Waals surface area (Å²) >= 11 is 0. The third-order valence-corrected chi connectivity index (χ3v) is 5.60. The van der Waals surface area contributed by atoms with Gasteiger partial charge in [0.1, 0.15) is 11.9 Å². The second-order valence-corrected chi connectivity index (χ2v) is 8.02. The largest absolute Gasteiger partial charge is 0.464 e. The van der Waals surface area contributed by atoms with Crippen LogP contribution in [0.5, 0.6) is 0 Å². The van der Waals surface area contributed by atoms with Crippen molar-refractivity contribution in [1.29, 1.82) is 0 Å². The fourth-order valence-electron chi connectivity index (χ4n) is 3.90. The second kappa shape index (κ2) is 13.3. The van der Waals surface area contributed by atoms with E-state index in [0.29, 0.717) is 19.6 Å². The Bertz CT molecular complexity index is 634. The number of carbonyl (C=O) groups excluding carboxylic acids is 2. The summed E-state index contributed by atoms with van der Waals surface area (Å²) in [6.07, 6.45) is 13.7. The number of ether oxygens (including phenoxy) is 1. The summed E-state index contributed by atoms with van der Waals surface area (Å²) in [5.74, 6) is -1.08. The number of halogens is 1. The van der Waals surface area contributed by atoms with E-state index >= 15 is 0 Å². The molecule has 29 heavy (non-hydrogen) atoms. The molecule has 4 nitrogen and oxygen atoms in total. The highest BCUT2D eigenvalue weighted by Gasteiger charge is 2.35. The van der Waals surface area contributed by atoms with Gasteiger partial charge in [0.2, 0.25) is 0 Å². The first-order valence-corrected chi connectivity index (χ1v) is 11.4. The first kappa shape index (κ1) is 23.4. The molecule has 1 fully saturated rings. The molecule has 0 spiro atoms. The predicted octanol–water partition coefficient (Wildman–Crippen LogP) is 5.89. The molecule has 0 aliphatic carbocycles. The predicted molar refractivity (Wildman–Crippen MR) is 113 cm³/mol. The Morgan fingerprint density at radius 3 is 2.34 bits per heavy atom. The normalized spacial score (nSPS) is 16.2. The molecule has 1 aliphatic heterocycles. The van der Waals surface area contributed by atoms with Crippen molar-refractivity contribution < 1.29 is 18.7 Å². The molecular weight excluding hydrogens is 369 g/mol. The highest BCUT2D eigenvalue weighted by atomic mass is 19.1. The fourth-order valence-corrected chi connectivity index (χ4v) is 3.90. The molecule has 5 heteroatoms. The van der Waals surface area contributed by atoms with E-state index in [0.717, 1.165) is 19.3 Å². The van der Waals surface area contributed by atoms with Gasteiger partial charge in [0, 0.05) is 12.1 Å². The lowest BCUT2D eigenvalue weighted by molar-refractivity contribution is -0.148. The van der Waals surface area contributed by atoms with Gasteiger partial charge >= 0.3 is 5.97 Å². The maximum absolute atomic E-state index is 13.4. The van der Waals surface area contributed by atoms with Crippen LogP contribution < -0.4 is 0 Å². The molecule has 0 saturated carbocycles. The van der Waals surface area contributed by atoms with Crippen LogP contribution in [-0.2, 0) is 9.53 Å². The van der Waals surface area contributed by atoms with Gasteiger partial charge in [0.25, 0.3) is 5.91 Å². The van der Waals surface area contributed by atoms with Crippen LogP contribution in [0.1, 0.15) is 94.3 Å². The van der Waals surface area contributed by atoms with Gasteiger partial charge in [-0.05, 0) is 37.5 Å². The van der Waals surface area contributed by atoms with E-state index in [2.05, 4.69) is 6.92 Å². The molecule has 1 saturated heterocycles. The minimum Gasteiger partial charge on any atom is -0.464 e. The van der Waals surface area contributed by atoms with Crippen LogP contribution in [0, 0.1) is 5.82 Å². The zero-order valence-electron chi connectivity index (χ0n) is 17.8. The Morgan fingerprint density at radius 1 is 1.03 bits per heavy atom. The van der Waals surface area contributed by atoms with Crippen molar-refractivity contribution in [2.45, 2.75) is 90.0 Å². The Morgan fingerprint density at radius 2 is 1.69 bits per heavy atom. The van der Waals surface area contributed by atoms with Crippen molar-refractivity contribution in [3.8, 4) is 0 Å². The van der Waals surface area contributed by atoms with E-state index in [1.807, 2.05) is 0 Å². The van der Waals surface area contributed by atoms with Crippen molar-refractivity contribution in [1.82, 2.24) is 4.90 Å². The zero-order valence-corrected chi connectivity index (χ0v) is 17.8. The Labute approximate surface area is 174 Å². The summed E-state index contributed by atoms with van der Waals surface area (Å²) in [5.41, 5.74) is 0.277. The molecule has 162 valence electrons. The van der Waals surface area contributed by atoms with Crippen molar-refractivity contribution in [2.75, 3.05) is 13.2 Å². The number of hydrogen-bond acceptors (Lipinski definition) is 3. The van der Waals surface area contributed by atoms with E-state index in [1.54, 1.807) is 6.07 Å². The number of rotatable bonds is 13. The average Bonchev–Trinajstić information content (AvgIpc) is 3.21. The molecule has 1 aromatic carbocycles. The number of nitrogens with zero attached hydrogens (tertiary/aromatic N) is 1. The maximum atomic E-state index is 13.4. The molecule has 1 unspecified atom stereocenters. The number of carbonyl (C=O) groups is 2. The minimum absolute atomic E-state index is 0.277. The molecule has 0 bridgehead atoms. The van der Waals surface area contributed by atoms with Gasteiger partial charge in [-0.15, -0.1) is 0 Å². The highest BCUT2D eigenvalue weighted by molar-refractivity contribution is 5.97. The molecule has 1 atom stereocenters. The van der Waals surface area contributed by atoms with Crippen LogP contribution in [0.15, 0.2) is 24.3 Å². The molecule has 1 heterocycles. The van der Waals surface area contributed by atoms with Gasteiger partial charge in [-0.3, -0.25) is 4.79 Å². The number of benzene rings is 1. The molecular formula is C24H36FNO3. The van der Waals surface area contributed by atoms with Crippen molar-refractivity contribution >= 4 is 11.9 Å². The molecule has 0 aromatic heterocycles. The summed E-state index contributed by atoms with van der Waals surface area (Å²) in [6, 6.07) is 5.06. The summed E-state index contributed by atoms with van der Waals surface area (Å²) in [7, 11) is 0. The quantitative estimate of drug-likeness (QED) is 0.303. The van der Waals surface area contributed by atoms with Crippen LogP contribution in [0.25, 0.3) is 0 Å². The van der Waals surface area contributed by atoms with Gasteiger partial charge in [0.15, 0.2) is 0 Å². The number of unbranched alkanes of at least 4 members (excludes halogenated alkanes) is 9. The van der Waals surface area contributed by atoms with Gasteiger partial charge in [-0.2, -0.15) is 0 Å². The Balaban J connectivity index is 1.61. The first-order chi connectivity index (χ1) is 14.1. The number of hydrogen-bond donors (Lipinski definition) is 0. The molecule has 0 N–H and O–H groups in total. The smallest absolute Gasteiger partial charge is 0.328 e. The maximum Gasteiger partial charge on any atom is 0.328 e. The van der Waals surface area contributed by atoms with Crippen LogP contribution in [0.2, 0.25) is 0 Å². The average molecular weight is 406 g/mol. The molecule has 0 radical (unpaired) electrons. The van der Waals surface area contributed by atoms with E-state index < -0.39 is 11.9 Å². The third-order valence-electron chi connectivity index (χ3n) is 5.60. The lowest BCUT2D eigenvalue weighted by Crippen LogP contribution is -2.41. The molecule has 1 aromatic rings. The lowest BCUT2D eigenvalue weighted by Gasteiger charge is -2.23. The van der Waals surface area contributed by atoms with Crippen LogP contribution >= 0.6 is 0 Å². The summed E-state index contributed by atoms with van der Waals surface area (Å²) < 4.78 is 18.8. The first-order valence-electron chi connectivity index (χ1n) is 11.4. The fraction of sp³-hybridized carbons (Fsp3) is 0.667. The summed E-state index contributed by atoms with van der Waals surface area (Å²) in [6.45, 7) is 3.15. The van der Waals surface area contributed by atoms with Crippen LogP contribution in [-0.4, -0.2) is 36.0 Å². The number of amides is 1. The van der Waals surface area contributed by atoms with E-state index in [4.69, 9.17) is 4.74 Å². The summed E-state index contributed by atoms with van der Waals surface area (Å²) in [5, 5.41) is 0. The van der Waals surface area contributed by atoms with Crippen molar-refractivity contribution in [2.24, 2.45) is 0 Å². The van der Waals surface area contributed by atoms with E-state index in [9.17, 15) is 14.0 Å². The molecule has 1 aliphatic rings. The standard InChI is InChI=1S/C24H36FNO3/c1-2-3-4-5-6-7-8-9-10-11-18-29-24(28)22-16-13-17-26(22)23(27)20-14-12-15-21(25)19-20/h12,14-15,19,22H,2-11,13,16-18H2,1H3. The van der Waals surface area contributed by atoms with E-state index in [1.165, 1.54) is 74.5 Å². The zero-order chi connectivity index (χ0) is 20.9. The van der Waals surface area contributed by atoms with Crippen LogP contribution in [0.3, 0.4) is 0 Å². The highest BCUT2D eigenvalue weighted by Crippen LogP contribution is 2.22. The lowest BCUT2D eigenvalue weighted by atomic mass is 10.1. The van der Waals surface area contributed by atoms with Gasteiger partial charge < -0.3 is 9.64 Å².